The van der Waals surface area contributed by atoms with E-state index in [9.17, 15) is 4.79 Å². The zero-order valence-electron chi connectivity index (χ0n) is 6.66. The Labute approximate surface area is 70.6 Å². The molecule has 0 aliphatic carbocycles. The van der Waals surface area contributed by atoms with Crippen LogP contribution >= 0.6 is 0 Å². The number of nitrogens with zero attached hydrogens (tertiary/aromatic N) is 1. The van der Waals surface area contributed by atoms with E-state index in [1.807, 2.05) is 13.0 Å². The van der Waals surface area contributed by atoms with Gasteiger partial charge in [-0.1, -0.05) is 0 Å². The second kappa shape index (κ2) is 3.54. The highest BCUT2D eigenvalue weighted by Gasteiger charge is 1.95. The predicted octanol–water partition coefficient (Wildman–Crippen LogP) is 1.43. The van der Waals surface area contributed by atoms with Crippen LogP contribution in [0, 0.1) is 18.3 Å². The molecule has 0 radical (unpaired) electrons. The van der Waals surface area contributed by atoms with E-state index in [1.165, 1.54) is 0 Å². The van der Waals surface area contributed by atoms with Crippen LogP contribution in [0.2, 0.25) is 0 Å². The molecule has 1 aromatic carbocycles. The monoisotopic (exact) mass is 160 g/mol. The van der Waals surface area contributed by atoms with E-state index in [1.54, 1.807) is 18.2 Å². The summed E-state index contributed by atoms with van der Waals surface area (Å²) in [4.78, 5) is 10.1. The van der Waals surface area contributed by atoms with Gasteiger partial charge in [-0.25, -0.2) is 0 Å². The smallest absolute Gasteiger partial charge is 0.211 e. The fraction of sp³-hybridized carbons (Fsp3) is 0.111. The number of aryl methyl sites for hydroxylation is 1. The second-order valence-electron chi connectivity index (χ2n) is 2.46. The summed E-state index contributed by atoms with van der Waals surface area (Å²) in [7, 11) is 0. The summed E-state index contributed by atoms with van der Waals surface area (Å²) in [6.07, 6.45) is 0.593. The number of hydrogen-bond acceptors (Lipinski definition) is 2. The Morgan fingerprint density at radius 2 is 2.25 bits per heavy atom. The van der Waals surface area contributed by atoms with Gasteiger partial charge in [-0.2, -0.15) is 5.26 Å². The standard InChI is InChI=1S/C9H8N2O/c1-7-2-8(5-10)4-9(3-7)11-6-12/h2-4,6H,1H3,(H,11,12). The topological polar surface area (TPSA) is 52.9 Å². The summed E-state index contributed by atoms with van der Waals surface area (Å²) >= 11 is 0. The first kappa shape index (κ1) is 8.28. The summed E-state index contributed by atoms with van der Waals surface area (Å²) in [5, 5.41) is 11.1. The van der Waals surface area contributed by atoms with Crippen LogP contribution in [-0.4, -0.2) is 6.41 Å². The van der Waals surface area contributed by atoms with Crippen molar-refractivity contribution in [3.8, 4) is 6.07 Å². The number of amides is 1. The van der Waals surface area contributed by atoms with Gasteiger partial charge >= 0.3 is 0 Å². The van der Waals surface area contributed by atoms with Crippen molar-refractivity contribution in [3.05, 3.63) is 29.3 Å². The maximum atomic E-state index is 10.1. The molecule has 60 valence electrons. The third-order valence-electron chi connectivity index (χ3n) is 1.43. The normalized spacial score (nSPS) is 8.67. The van der Waals surface area contributed by atoms with Gasteiger partial charge in [-0.3, -0.25) is 4.79 Å². The van der Waals surface area contributed by atoms with Crippen LogP contribution in [0.15, 0.2) is 18.2 Å². The molecule has 3 nitrogen and oxygen atoms in total. The van der Waals surface area contributed by atoms with Gasteiger partial charge in [0.25, 0.3) is 0 Å². The lowest BCUT2D eigenvalue weighted by atomic mass is 10.1. The van der Waals surface area contributed by atoms with Crippen LogP contribution in [-0.2, 0) is 4.79 Å². The summed E-state index contributed by atoms with van der Waals surface area (Å²) in [6, 6.07) is 7.20. The Bertz CT molecular complexity index is 339. The quantitative estimate of drug-likeness (QED) is 0.665. The highest BCUT2D eigenvalue weighted by Crippen LogP contribution is 2.12. The van der Waals surface area contributed by atoms with Gasteiger partial charge in [-0.15, -0.1) is 0 Å². The Hall–Kier alpha value is -1.82. The Morgan fingerprint density at radius 3 is 2.83 bits per heavy atom. The first-order valence-corrected chi connectivity index (χ1v) is 3.48. The minimum atomic E-state index is 0.555. The van der Waals surface area contributed by atoms with Crippen LogP contribution in [0.25, 0.3) is 0 Å². The van der Waals surface area contributed by atoms with E-state index in [0.717, 1.165) is 5.56 Å². The van der Waals surface area contributed by atoms with Crippen molar-refractivity contribution in [1.82, 2.24) is 0 Å². The molecule has 12 heavy (non-hydrogen) atoms. The Morgan fingerprint density at radius 1 is 1.50 bits per heavy atom. The molecular formula is C9H8N2O. The van der Waals surface area contributed by atoms with Crippen molar-refractivity contribution < 1.29 is 4.79 Å². The molecule has 0 heterocycles. The largest absolute Gasteiger partial charge is 0.329 e. The lowest BCUT2D eigenvalue weighted by Gasteiger charge is -2.00. The molecule has 0 atom stereocenters. The summed E-state index contributed by atoms with van der Waals surface area (Å²) in [5.74, 6) is 0. The Kier molecular flexibility index (Phi) is 2.44. The molecular weight excluding hydrogens is 152 g/mol. The molecule has 3 heteroatoms. The lowest BCUT2D eigenvalue weighted by molar-refractivity contribution is -0.105. The van der Waals surface area contributed by atoms with Gasteiger partial charge < -0.3 is 5.32 Å². The van der Waals surface area contributed by atoms with E-state index in [4.69, 9.17) is 5.26 Å². The average molecular weight is 160 g/mol. The number of rotatable bonds is 2. The maximum Gasteiger partial charge on any atom is 0.211 e. The van der Waals surface area contributed by atoms with E-state index < -0.39 is 0 Å². The molecule has 0 saturated carbocycles. The van der Waals surface area contributed by atoms with Gasteiger partial charge in [0.05, 0.1) is 11.6 Å². The molecule has 1 N–H and O–H groups in total. The third-order valence-corrected chi connectivity index (χ3v) is 1.43. The molecule has 1 amide bonds. The van der Waals surface area contributed by atoms with Gasteiger partial charge in [0.1, 0.15) is 0 Å². The molecule has 0 saturated heterocycles. The van der Waals surface area contributed by atoms with Crippen molar-refractivity contribution in [3.63, 3.8) is 0 Å². The number of benzene rings is 1. The molecule has 0 bridgehead atoms. The van der Waals surface area contributed by atoms with Crippen LogP contribution in [0.1, 0.15) is 11.1 Å². The second-order valence-corrected chi connectivity index (χ2v) is 2.46. The minimum absolute atomic E-state index is 0.555. The molecule has 0 aromatic heterocycles. The van der Waals surface area contributed by atoms with Gasteiger partial charge in [0, 0.05) is 5.69 Å². The van der Waals surface area contributed by atoms with Crippen LogP contribution in [0.5, 0.6) is 0 Å². The van der Waals surface area contributed by atoms with Crippen LogP contribution < -0.4 is 5.32 Å². The fourth-order valence-corrected chi connectivity index (χ4v) is 0.999. The zero-order valence-corrected chi connectivity index (χ0v) is 6.66. The van der Waals surface area contributed by atoms with Crippen molar-refractivity contribution >= 4 is 12.1 Å². The van der Waals surface area contributed by atoms with Gasteiger partial charge in [0.2, 0.25) is 6.41 Å². The first-order chi connectivity index (χ1) is 5.76. The van der Waals surface area contributed by atoms with Crippen LogP contribution in [0.3, 0.4) is 0 Å². The predicted molar refractivity (Wildman–Crippen MR) is 45.6 cm³/mol. The minimum Gasteiger partial charge on any atom is -0.329 e. The molecule has 0 fully saturated rings. The van der Waals surface area contributed by atoms with E-state index in [-0.39, 0.29) is 0 Å². The Balaban J connectivity index is 3.07. The highest BCUT2D eigenvalue weighted by atomic mass is 16.1. The van der Waals surface area contributed by atoms with Crippen molar-refractivity contribution in [2.75, 3.05) is 5.32 Å². The number of anilines is 1. The molecule has 0 aliphatic rings. The molecule has 0 spiro atoms. The van der Waals surface area contributed by atoms with E-state index in [0.29, 0.717) is 17.7 Å². The molecule has 1 aromatic rings. The fourth-order valence-electron chi connectivity index (χ4n) is 0.999. The first-order valence-electron chi connectivity index (χ1n) is 3.48. The summed E-state index contributed by atoms with van der Waals surface area (Å²) in [6.45, 7) is 1.87. The van der Waals surface area contributed by atoms with Crippen molar-refractivity contribution in [1.29, 1.82) is 5.26 Å². The number of nitriles is 1. The molecule has 0 unspecified atom stereocenters. The third kappa shape index (κ3) is 1.83. The van der Waals surface area contributed by atoms with E-state index >= 15 is 0 Å². The van der Waals surface area contributed by atoms with Crippen molar-refractivity contribution in [2.45, 2.75) is 6.92 Å². The lowest BCUT2D eigenvalue weighted by Crippen LogP contribution is -1.94. The van der Waals surface area contributed by atoms with Crippen LogP contribution in [0.4, 0.5) is 5.69 Å². The highest BCUT2D eigenvalue weighted by molar-refractivity contribution is 5.72. The average Bonchev–Trinajstić information content (AvgIpc) is 2.04. The van der Waals surface area contributed by atoms with Gasteiger partial charge in [0.15, 0.2) is 0 Å². The number of hydrogen-bond donors (Lipinski definition) is 1. The van der Waals surface area contributed by atoms with Gasteiger partial charge in [-0.05, 0) is 30.7 Å². The summed E-state index contributed by atoms with van der Waals surface area (Å²) < 4.78 is 0. The SMILES string of the molecule is Cc1cc(C#N)cc(NC=O)c1. The number of carbonyl (C=O) groups is 1. The van der Waals surface area contributed by atoms with Crippen molar-refractivity contribution in [2.24, 2.45) is 0 Å². The van der Waals surface area contributed by atoms with E-state index in [2.05, 4.69) is 5.32 Å². The maximum absolute atomic E-state index is 10.1. The number of carbonyl (C=O) groups excluding carboxylic acids is 1. The molecule has 1 rings (SSSR count). The zero-order chi connectivity index (χ0) is 8.97. The summed E-state index contributed by atoms with van der Waals surface area (Å²) in [5.41, 5.74) is 2.17. The number of nitrogens with one attached hydrogen (secondary N) is 1. The molecule has 0 aliphatic heterocycles.